The highest BCUT2D eigenvalue weighted by molar-refractivity contribution is 7.99. The number of aromatic nitrogens is 4. The van der Waals surface area contributed by atoms with Crippen LogP contribution in [0.3, 0.4) is 0 Å². The van der Waals surface area contributed by atoms with E-state index in [-0.39, 0.29) is 21.4 Å². The fraction of sp³-hybridized carbons (Fsp3) is 0.211. The first-order chi connectivity index (χ1) is 14.7. The Labute approximate surface area is 189 Å². The van der Waals surface area contributed by atoms with E-state index >= 15 is 0 Å². The van der Waals surface area contributed by atoms with E-state index < -0.39 is 15.9 Å². The number of nitrogens with zero attached hydrogens (tertiary/aromatic N) is 4. The largest absolute Gasteiger partial charge is 0.321 e. The standard InChI is InChI=1S/C19H19ClN6O3S2/c1-4-30-19-21-10-15(20)17(25-19)18(27)24-13-5-7-14(8-6-13)31(28,29)26-16-9-11(2)22-12(3)23-16/h5-10H,4H2,1-3H3,(H,24,27)(H,22,23,26). The molecule has 0 atom stereocenters. The van der Waals surface area contributed by atoms with E-state index in [0.29, 0.717) is 22.4 Å². The van der Waals surface area contributed by atoms with Gasteiger partial charge in [-0.15, -0.1) is 0 Å². The molecule has 3 rings (SSSR count). The summed E-state index contributed by atoms with van der Waals surface area (Å²) in [7, 11) is -3.86. The molecule has 1 amide bonds. The fourth-order valence-corrected chi connectivity index (χ4v) is 4.29. The maximum atomic E-state index is 12.6. The van der Waals surface area contributed by atoms with Crippen LogP contribution in [0.25, 0.3) is 0 Å². The predicted molar refractivity (Wildman–Crippen MR) is 120 cm³/mol. The Morgan fingerprint density at radius 1 is 1.13 bits per heavy atom. The van der Waals surface area contributed by atoms with Gasteiger partial charge >= 0.3 is 0 Å². The van der Waals surface area contributed by atoms with Crippen molar-refractivity contribution in [2.75, 3.05) is 15.8 Å². The molecule has 12 heteroatoms. The lowest BCUT2D eigenvalue weighted by molar-refractivity contribution is 0.102. The van der Waals surface area contributed by atoms with E-state index in [1.54, 1.807) is 13.8 Å². The number of aryl methyl sites for hydroxylation is 2. The molecule has 0 aliphatic carbocycles. The van der Waals surface area contributed by atoms with Crippen molar-refractivity contribution in [3.05, 3.63) is 58.8 Å². The van der Waals surface area contributed by atoms with Crippen molar-refractivity contribution in [3.63, 3.8) is 0 Å². The topological polar surface area (TPSA) is 127 Å². The van der Waals surface area contributed by atoms with Gasteiger partial charge in [-0.1, -0.05) is 30.3 Å². The van der Waals surface area contributed by atoms with Gasteiger partial charge in [0.15, 0.2) is 10.9 Å². The summed E-state index contributed by atoms with van der Waals surface area (Å²) in [5.41, 5.74) is 1.07. The van der Waals surface area contributed by atoms with Crippen molar-refractivity contribution in [2.45, 2.75) is 30.8 Å². The van der Waals surface area contributed by atoms with Crippen LogP contribution >= 0.6 is 23.4 Å². The average Bonchev–Trinajstić information content (AvgIpc) is 2.69. The van der Waals surface area contributed by atoms with Gasteiger partial charge in [0.05, 0.1) is 16.1 Å². The van der Waals surface area contributed by atoms with Crippen molar-refractivity contribution in [1.29, 1.82) is 0 Å². The van der Waals surface area contributed by atoms with Crippen LogP contribution in [0.4, 0.5) is 11.5 Å². The minimum Gasteiger partial charge on any atom is -0.321 e. The lowest BCUT2D eigenvalue weighted by atomic mass is 10.3. The summed E-state index contributed by atoms with van der Waals surface area (Å²) in [5.74, 6) is 0.869. The first-order valence-corrected chi connectivity index (χ1v) is 11.9. The van der Waals surface area contributed by atoms with E-state index in [0.717, 1.165) is 5.75 Å². The summed E-state index contributed by atoms with van der Waals surface area (Å²) >= 11 is 7.43. The maximum absolute atomic E-state index is 12.6. The van der Waals surface area contributed by atoms with Crippen molar-refractivity contribution in [3.8, 4) is 0 Å². The number of sulfonamides is 1. The van der Waals surface area contributed by atoms with Crippen LogP contribution in [0.5, 0.6) is 0 Å². The minimum absolute atomic E-state index is 0.0149. The molecule has 31 heavy (non-hydrogen) atoms. The van der Waals surface area contributed by atoms with Gasteiger partial charge in [-0.3, -0.25) is 9.52 Å². The fourth-order valence-electron chi connectivity index (χ4n) is 2.58. The average molecular weight is 479 g/mol. The Morgan fingerprint density at radius 2 is 1.84 bits per heavy atom. The van der Waals surface area contributed by atoms with Gasteiger partial charge in [0.1, 0.15) is 11.6 Å². The van der Waals surface area contributed by atoms with Gasteiger partial charge in [-0.25, -0.2) is 28.4 Å². The number of thioether (sulfide) groups is 1. The second-order valence-electron chi connectivity index (χ2n) is 6.31. The van der Waals surface area contributed by atoms with Gasteiger partial charge in [0.2, 0.25) is 0 Å². The Morgan fingerprint density at radius 3 is 2.48 bits per heavy atom. The molecule has 0 fully saturated rings. The van der Waals surface area contributed by atoms with Crippen LogP contribution in [0.1, 0.15) is 28.9 Å². The van der Waals surface area contributed by atoms with E-state index in [4.69, 9.17) is 11.6 Å². The minimum atomic E-state index is -3.86. The van der Waals surface area contributed by atoms with E-state index in [1.165, 1.54) is 48.3 Å². The van der Waals surface area contributed by atoms with Crippen LogP contribution in [0.2, 0.25) is 5.02 Å². The third kappa shape index (κ3) is 5.90. The Kier molecular flexibility index (Phi) is 7.08. The van der Waals surface area contributed by atoms with Crippen LogP contribution in [-0.2, 0) is 10.0 Å². The number of nitrogens with one attached hydrogen (secondary N) is 2. The number of anilines is 2. The summed E-state index contributed by atoms with van der Waals surface area (Å²) in [5, 5.41) is 3.22. The summed E-state index contributed by atoms with van der Waals surface area (Å²) < 4.78 is 27.7. The number of carbonyl (C=O) groups is 1. The third-order valence-electron chi connectivity index (χ3n) is 3.84. The molecular weight excluding hydrogens is 460 g/mol. The predicted octanol–water partition coefficient (Wildman–Crippen LogP) is 3.70. The molecule has 0 aliphatic rings. The second-order valence-corrected chi connectivity index (χ2v) is 9.63. The molecule has 2 aromatic heterocycles. The number of amides is 1. The van der Waals surface area contributed by atoms with Crippen LogP contribution in [-0.4, -0.2) is 40.0 Å². The van der Waals surface area contributed by atoms with Gasteiger partial charge < -0.3 is 5.32 Å². The molecule has 2 heterocycles. The van der Waals surface area contributed by atoms with Crippen molar-refractivity contribution in [1.82, 2.24) is 19.9 Å². The number of benzene rings is 1. The highest BCUT2D eigenvalue weighted by Gasteiger charge is 2.17. The van der Waals surface area contributed by atoms with Gasteiger partial charge in [-0.2, -0.15) is 0 Å². The number of rotatable bonds is 7. The van der Waals surface area contributed by atoms with Crippen LogP contribution in [0.15, 0.2) is 46.6 Å². The zero-order valence-corrected chi connectivity index (χ0v) is 19.3. The molecule has 1 aromatic carbocycles. The van der Waals surface area contributed by atoms with Gasteiger partial charge in [0.25, 0.3) is 15.9 Å². The molecule has 3 aromatic rings. The second kappa shape index (κ2) is 9.58. The Balaban J connectivity index is 1.75. The molecule has 9 nitrogen and oxygen atoms in total. The maximum Gasteiger partial charge on any atom is 0.275 e. The molecule has 0 unspecified atom stereocenters. The van der Waals surface area contributed by atoms with E-state index in [9.17, 15) is 13.2 Å². The van der Waals surface area contributed by atoms with Crippen LogP contribution < -0.4 is 10.0 Å². The number of hydrogen-bond donors (Lipinski definition) is 2. The molecule has 2 N–H and O–H groups in total. The summed E-state index contributed by atoms with van der Waals surface area (Å²) in [6.07, 6.45) is 1.37. The van der Waals surface area contributed by atoms with Crippen molar-refractivity contribution >= 4 is 50.8 Å². The van der Waals surface area contributed by atoms with Crippen molar-refractivity contribution in [2.24, 2.45) is 0 Å². The Hall–Kier alpha value is -2.76. The molecule has 0 saturated carbocycles. The smallest absolute Gasteiger partial charge is 0.275 e. The molecule has 162 valence electrons. The van der Waals surface area contributed by atoms with Gasteiger partial charge in [-0.05, 0) is 43.9 Å². The molecule has 0 radical (unpaired) electrons. The molecule has 0 spiro atoms. The zero-order valence-electron chi connectivity index (χ0n) is 16.9. The number of hydrogen-bond acceptors (Lipinski definition) is 8. The first kappa shape index (κ1) is 22.9. The normalized spacial score (nSPS) is 11.2. The van der Waals surface area contributed by atoms with E-state index in [1.807, 2.05) is 6.92 Å². The molecule has 0 aliphatic heterocycles. The lowest BCUT2D eigenvalue weighted by Crippen LogP contribution is -2.16. The highest BCUT2D eigenvalue weighted by Crippen LogP contribution is 2.21. The SMILES string of the molecule is CCSc1ncc(Cl)c(C(=O)Nc2ccc(S(=O)(=O)Nc3cc(C)nc(C)n3)cc2)n1. The number of carbonyl (C=O) groups excluding carboxylic acids is 1. The molecule has 0 saturated heterocycles. The number of halogens is 1. The lowest BCUT2D eigenvalue weighted by Gasteiger charge is -2.10. The van der Waals surface area contributed by atoms with Gasteiger partial charge in [0, 0.05) is 17.4 Å². The summed E-state index contributed by atoms with van der Waals surface area (Å²) in [4.78, 5) is 29.0. The van der Waals surface area contributed by atoms with E-state index in [2.05, 4.69) is 30.0 Å². The first-order valence-electron chi connectivity index (χ1n) is 9.10. The Bertz CT molecular complexity index is 1200. The highest BCUT2D eigenvalue weighted by atomic mass is 35.5. The third-order valence-corrected chi connectivity index (χ3v) is 6.23. The van der Waals surface area contributed by atoms with Crippen LogP contribution in [0, 0.1) is 13.8 Å². The monoisotopic (exact) mass is 478 g/mol. The summed E-state index contributed by atoms with van der Waals surface area (Å²) in [6.45, 7) is 5.37. The zero-order chi connectivity index (χ0) is 22.6. The molecule has 0 bridgehead atoms. The van der Waals surface area contributed by atoms with Crippen molar-refractivity contribution < 1.29 is 13.2 Å². The quantitative estimate of drug-likeness (QED) is 0.388. The summed E-state index contributed by atoms with van der Waals surface area (Å²) in [6, 6.07) is 7.23. The molecular formula is C19H19ClN6O3S2.